The number of allylic oxidation sites excluding steroid dienone is 2. The summed E-state index contributed by atoms with van der Waals surface area (Å²) in [5.41, 5.74) is 4.33. The van der Waals surface area contributed by atoms with Crippen molar-refractivity contribution in [2.45, 2.75) is 24.2 Å². The molecule has 2 saturated heterocycles. The molecule has 6 atom stereocenters. The van der Waals surface area contributed by atoms with Gasteiger partial charge in [-0.1, -0.05) is 70.7 Å². The van der Waals surface area contributed by atoms with Crippen LogP contribution in [0.5, 0.6) is 11.5 Å². The molecule has 0 radical (unpaired) electrons. The Kier molecular flexibility index (Phi) is 9.42. The van der Waals surface area contributed by atoms with E-state index in [0.717, 1.165) is 10.6 Å². The van der Waals surface area contributed by atoms with E-state index in [-0.39, 0.29) is 42.9 Å². The minimum Gasteiger partial charge on any atom is -0.497 e. The lowest BCUT2D eigenvalue weighted by Gasteiger charge is -2.50. The highest BCUT2D eigenvalue weighted by atomic mass is 35.5. The first-order chi connectivity index (χ1) is 26.1. The van der Waals surface area contributed by atoms with E-state index >= 15 is 4.79 Å². The van der Waals surface area contributed by atoms with Crippen LogP contribution in [0.1, 0.15) is 29.9 Å². The molecule has 4 aromatic carbocycles. The standard InChI is InChI=1S/C41H34Cl3N3O7/c1-53-27-13-4-23(5-14-27)41-32(38(50)47(40(41)52)45-34-17-8-25(43)20-33(34)44)21-31-29(36(41)22-2-11-28(12-3-22)54-19-18-48)15-16-30-35(31)39(51)46(37(30)49)26-9-6-24(42)7-10-26/h2-15,17,20,30-32,35-36,45,48H,16,18-19,21H2,1H3. The summed E-state index contributed by atoms with van der Waals surface area (Å²) in [4.78, 5) is 60.1. The number of benzene rings is 4. The first-order valence-corrected chi connectivity index (χ1v) is 18.6. The van der Waals surface area contributed by atoms with Crippen LogP contribution in [0.3, 0.4) is 0 Å². The minimum atomic E-state index is -1.50. The summed E-state index contributed by atoms with van der Waals surface area (Å²) < 4.78 is 11.2. The summed E-state index contributed by atoms with van der Waals surface area (Å²) in [6.07, 6.45) is 2.39. The summed E-state index contributed by atoms with van der Waals surface area (Å²) >= 11 is 18.9. The van der Waals surface area contributed by atoms with E-state index in [0.29, 0.717) is 44.0 Å². The van der Waals surface area contributed by atoms with Gasteiger partial charge in [0.15, 0.2) is 0 Å². The number of hydrazine groups is 1. The van der Waals surface area contributed by atoms with Crippen molar-refractivity contribution < 1.29 is 33.8 Å². The number of ether oxygens (including phenoxy) is 2. The molecule has 2 aliphatic heterocycles. The first-order valence-electron chi connectivity index (χ1n) is 17.5. The van der Waals surface area contributed by atoms with Crippen LogP contribution in [0.4, 0.5) is 11.4 Å². The number of aliphatic hydroxyl groups excluding tert-OH is 1. The largest absolute Gasteiger partial charge is 0.497 e. The van der Waals surface area contributed by atoms with E-state index in [1.807, 2.05) is 18.2 Å². The van der Waals surface area contributed by atoms with Crippen LogP contribution >= 0.6 is 34.8 Å². The van der Waals surface area contributed by atoms with Gasteiger partial charge in [0.05, 0.1) is 53.3 Å². The van der Waals surface area contributed by atoms with Crippen molar-refractivity contribution in [2.75, 3.05) is 30.6 Å². The Balaban J connectivity index is 1.31. The van der Waals surface area contributed by atoms with Gasteiger partial charge in [0, 0.05) is 16.0 Å². The molecular formula is C41H34Cl3N3O7. The highest BCUT2D eigenvalue weighted by Gasteiger charge is 2.70. The second-order valence-corrected chi connectivity index (χ2v) is 15.1. The zero-order valence-corrected chi connectivity index (χ0v) is 31.1. The summed E-state index contributed by atoms with van der Waals surface area (Å²) in [6, 6.07) is 25.6. The number of rotatable bonds is 9. The molecule has 3 fully saturated rings. The number of carbonyl (C=O) groups excluding carboxylic acids is 4. The second-order valence-electron chi connectivity index (χ2n) is 13.8. The van der Waals surface area contributed by atoms with Crippen molar-refractivity contribution in [3.8, 4) is 11.5 Å². The van der Waals surface area contributed by atoms with E-state index in [9.17, 15) is 19.5 Å². The van der Waals surface area contributed by atoms with E-state index in [2.05, 4.69) is 5.43 Å². The smallest absolute Gasteiger partial charge is 0.260 e. The third-order valence-electron chi connectivity index (χ3n) is 11.2. The lowest BCUT2D eigenvalue weighted by Crippen LogP contribution is -2.53. The van der Waals surface area contributed by atoms with Crippen LogP contribution in [0, 0.1) is 23.7 Å². The Labute approximate surface area is 326 Å². The van der Waals surface area contributed by atoms with Crippen LogP contribution in [-0.4, -0.2) is 54.1 Å². The molecule has 2 heterocycles. The highest BCUT2D eigenvalue weighted by Crippen LogP contribution is 2.64. The van der Waals surface area contributed by atoms with Gasteiger partial charge in [0.25, 0.3) is 11.8 Å². The number of anilines is 2. The number of carbonyl (C=O) groups is 4. The number of nitrogens with one attached hydrogen (secondary N) is 1. The third-order valence-corrected chi connectivity index (χ3v) is 12.0. The fourth-order valence-electron chi connectivity index (χ4n) is 8.98. The van der Waals surface area contributed by atoms with Crippen LogP contribution in [-0.2, 0) is 24.6 Å². The molecule has 0 bridgehead atoms. The van der Waals surface area contributed by atoms with Gasteiger partial charge in [-0.2, -0.15) is 5.01 Å². The molecule has 4 aromatic rings. The molecule has 8 rings (SSSR count). The van der Waals surface area contributed by atoms with Gasteiger partial charge in [-0.05, 0) is 96.6 Å². The van der Waals surface area contributed by atoms with Gasteiger partial charge in [-0.25, -0.2) is 0 Å². The first kappa shape index (κ1) is 36.1. The fourth-order valence-corrected chi connectivity index (χ4v) is 9.56. The van der Waals surface area contributed by atoms with Gasteiger partial charge in [-0.3, -0.25) is 29.5 Å². The predicted molar refractivity (Wildman–Crippen MR) is 204 cm³/mol. The van der Waals surface area contributed by atoms with E-state index < -0.39 is 46.8 Å². The van der Waals surface area contributed by atoms with Gasteiger partial charge in [0.2, 0.25) is 11.8 Å². The number of nitrogens with zero attached hydrogens (tertiary/aromatic N) is 2. The Hall–Kier alpha value is -4.87. The van der Waals surface area contributed by atoms with Crippen molar-refractivity contribution in [3.63, 3.8) is 0 Å². The van der Waals surface area contributed by atoms with E-state index in [4.69, 9.17) is 44.3 Å². The maximum Gasteiger partial charge on any atom is 0.260 e. The van der Waals surface area contributed by atoms with Crippen LogP contribution in [0.15, 0.2) is 103 Å². The molecular weight excluding hydrogens is 753 g/mol. The van der Waals surface area contributed by atoms with Crippen molar-refractivity contribution in [3.05, 3.63) is 129 Å². The molecule has 6 unspecified atom stereocenters. The number of halogens is 3. The van der Waals surface area contributed by atoms with Gasteiger partial charge < -0.3 is 14.6 Å². The Morgan fingerprint density at radius 3 is 2.17 bits per heavy atom. The number of hydrogen-bond acceptors (Lipinski definition) is 8. The molecule has 10 nitrogen and oxygen atoms in total. The number of methoxy groups -OCH3 is 1. The Bertz CT molecular complexity index is 2200. The monoisotopic (exact) mass is 785 g/mol. The molecule has 13 heteroatoms. The third kappa shape index (κ3) is 5.66. The minimum absolute atomic E-state index is 0.0953. The van der Waals surface area contributed by atoms with Gasteiger partial charge >= 0.3 is 0 Å². The molecule has 0 spiro atoms. The molecule has 276 valence electrons. The Morgan fingerprint density at radius 1 is 0.815 bits per heavy atom. The van der Waals surface area contributed by atoms with Crippen molar-refractivity contribution in [1.82, 2.24) is 5.01 Å². The lowest BCUT2D eigenvalue weighted by molar-refractivity contribution is -0.138. The molecule has 0 aromatic heterocycles. The fraction of sp³-hybridized carbons (Fsp3) is 0.268. The topological polar surface area (TPSA) is 125 Å². The predicted octanol–water partition coefficient (Wildman–Crippen LogP) is 7.22. The Morgan fingerprint density at radius 2 is 1.50 bits per heavy atom. The molecule has 4 amide bonds. The molecule has 2 aliphatic carbocycles. The highest BCUT2D eigenvalue weighted by molar-refractivity contribution is 6.36. The zero-order chi connectivity index (χ0) is 37.9. The molecule has 54 heavy (non-hydrogen) atoms. The summed E-state index contributed by atoms with van der Waals surface area (Å²) in [5, 5.41) is 11.5. The molecule has 4 aliphatic rings. The maximum atomic E-state index is 15.4. The quantitative estimate of drug-likeness (QED) is 0.135. The number of imide groups is 2. The summed E-state index contributed by atoms with van der Waals surface area (Å²) in [7, 11) is 1.55. The van der Waals surface area contributed by atoms with Gasteiger partial charge in [-0.15, -0.1) is 0 Å². The van der Waals surface area contributed by atoms with Crippen molar-refractivity contribution >= 4 is 69.8 Å². The molecule has 1 saturated carbocycles. The van der Waals surface area contributed by atoms with Crippen LogP contribution in [0.25, 0.3) is 0 Å². The maximum absolute atomic E-state index is 15.4. The average molecular weight is 787 g/mol. The average Bonchev–Trinajstić information content (AvgIpc) is 3.56. The van der Waals surface area contributed by atoms with Crippen molar-refractivity contribution in [1.29, 1.82) is 0 Å². The van der Waals surface area contributed by atoms with Gasteiger partial charge in [0.1, 0.15) is 18.1 Å². The summed E-state index contributed by atoms with van der Waals surface area (Å²) in [6.45, 7) is -0.0707. The number of hydrogen-bond donors (Lipinski definition) is 2. The lowest BCUT2D eigenvalue weighted by atomic mass is 9.49. The second kappa shape index (κ2) is 14.1. The number of aliphatic hydroxyl groups is 1. The summed E-state index contributed by atoms with van der Waals surface area (Å²) in [5.74, 6) is -4.29. The van der Waals surface area contributed by atoms with Crippen LogP contribution in [0.2, 0.25) is 15.1 Å². The van der Waals surface area contributed by atoms with E-state index in [1.54, 1.807) is 79.9 Å². The number of fused-ring (bicyclic) bond motifs is 4. The van der Waals surface area contributed by atoms with Crippen LogP contribution < -0.4 is 19.8 Å². The SMILES string of the molecule is COc1ccc(C23C(=O)N(Nc4ccc(Cl)cc4Cl)C(=O)C2CC2C(=CCC4C(=O)N(c5ccc(Cl)cc5)C(=O)C42)C3c2ccc(OCCO)cc2)cc1. The zero-order valence-electron chi connectivity index (χ0n) is 28.9. The normalized spacial score (nSPS) is 25.9. The van der Waals surface area contributed by atoms with E-state index in [1.165, 1.54) is 11.0 Å². The molecule has 2 N–H and O–H groups in total. The number of amides is 4. The van der Waals surface area contributed by atoms with Crippen molar-refractivity contribution in [2.24, 2.45) is 23.7 Å².